The highest BCUT2D eigenvalue weighted by atomic mass is 19.3. The van der Waals surface area contributed by atoms with Gasteiger partial charge in [0.2, 0.25) is 0 Å². The van der Waals surface area contributed by atoms with Crippen LogP contribution in [-0.2, 0) is 17.8 Å². The summed E-state index contributed by atoms with van der Waals surface area (Å²) in [6.45, 7) is 5.75. The molecule has 0 bridgehead atoms. The van der Waals surface area contributed by atoms with Crippen molar-refractivity contribution < 1.29 is 18.3 Å². The minimum Gasteiger partial charge on any atom is -0.442 e. The summed E-state index contributed by atoms with van der Waals surface area (Å²) in [7, 11) is 0. The van der Waals surface area contributed by atoms with Crippen LogP contribution in [0.25, 0.3) is 0 Å². The van der Waals surface area contributed by atoms with Gasteiger partial charge in [0, 0.05) is 18.7 Å². The molecule has 2 aromatic heterocycles. The van der Waals surface area contributed by atoms with Crippen molar-refractivity contribution in [2.75, 3.05) is 36.0 Å². The SMILES string of the molecule is Cc1nc2c(c(N3CCC3)n1)CN(C(=O)OC1CN(c3ccc(C(F)F)nc3)C1)C2. The average Bonchev–Trinajstić information content (AvgIpc) is 3.07. The Morgan fingerprint density at radius 2 is 1.97 bits per heavy atom. The molecule has 0 unspecified atom stereocenters. The Kier molecular flexibility index (Phi) is 4.63. The Bertz CT molecular complexity index is 961. The van der Waals surface area contributed by atoms with Gasteiger partial charge in [0.15, 0.2) is 0 Å². The second kappa shape index (κ2) is 7.33. The molecule has 0 aliphatic carbocycles. The lowest BCUT2D eigenvalue weighted by molar-refractivity contribution is 0.0490. The number of aryl methyl sites for hydroxylation is 1. The molecule has 0 N–H and O–H groups in total. The van der Waals surface area contributed by atoms with Gasteiger partial charge in [-0.05, 0) is 25.5 Å². The number of carbonyl (C=O) groups is 1. The van der Waals surface area contributed by atoms with Crippen LogP contribution in [0, 0.1) is 6.92 Å². The standard InChI is InChI=1S/C20H22F2N6O2/c1-12-24-17-11-28(10-15(17)19(25-12)26-5-2-6-26)20(29)30-14-8-27(9-14)13-3-4-16(18(21)22)23-7-13/h3-4,7,14,18H,2,5-6,8-11H2,1H3. The molecule has 0 saturated carbocycles. The van der Waals surface area contributed by atoms with Crippen molar-refractivity contribution in [2.24, 2.45) is 0 Å². The van der Waals surface area contributed by atoms with Crippen LogP contribution in [-0.4, -0.2) is 58.2 Å². The van der Waals surface area contributed by atoms with Gasteiger partial charge in [0.05, 0.1) is 43.8 Å². The zero-order valence-electron chi connectivity index (χ0n) is 16.6. The summed E-state index contributed by atoms with van der Waals surface area (Å²) in [6, 6.07) is 2.93. The molecule has 2 aromatic rings. The molecule has 8 nitrogen and oxygen atoms in total. The number of ether oxygens (including phenoxy) is 1. The van der Waals surface area contributed by atoms with E-state index < -0.39 is 6.43 Å². The first-order valence-electron chi connectivity index (χ1n) is 10.0. The van der Waals surface area contributed by atoms with Gasteiger partial charge in [-0.1, -0.05) is 0 Å². The summed E-state index contributed by atoms with van der Waals surface area (Å²) >= 11 is 0. The fourth-order valence-electron chi connectivity index (χ4n) is 3.93. The third kappa shape index (κ3) is 3.40. The molecule has 5 heterocycles. The number of carbonyl (C=O) groups excluding carboxylic acids is 1. The minimum atomic E-state index is -2.58. The number of nitrogens with zero attached hydrogens (tertiary/aromatic N) is 6. The molecule has 0 radical (unpaired) electrons. The number of fused-ring (bicyclic) bond motifs is 1. The molecule has 0 aromatic carbocycles. The fraction of sp³-hybridized carbons (Fsp3) is 0.500. The molecule has 3 aliphatic heterocycles. The zero-order valence-corrected chi connectivity index (χ0v) is 16.6. The Hall–Kier alpha value is -3.04. The zero-order chi connectivity index (χ0) is 20.8. The maximum absolute atomic E-state index is 12.7. The lowest BCUT2D eigenvalue weighted by atomic mass is 10.1. The second-order valence-corrected chi connectivity index (χ2v) is 7.87. The molecular weight excluding hydrogens is 394 g/mol. The third-order valence-electron chi connectivity index (χ3n) is 5.76. The number of hydrogen-bond acceptors (Lipinski definition) is 7. The number of pyridine rings is 1. The van der Waals surface area contributed by atoms with Crippen molar-refractivity contribution in [3.05, 3.63) is 41.1 Å². The fourth-order valence-corrected chi connectivity index (χ4v) is 3.93. The average molecular weight is 416 g/mol. The number of alkyl halides is 2. The Morgan fingerprint density at radius 3 is 2.60 bits per heavy atom. The summed E-state index contributed by atoms with van der Waals surface area (Å²) in [6.07, 6.45) is -0.601. The first kappa shape index (κ1) is 19.0. The topological polar surface area (TPSA) is 74.7 Å². The van der Waals surface area contributed by atoms with E-state index in [-0.39, 0.29) is 17.9 Å². The van der Waals surface area contributed by atoms with Crippen LogP contribution in [0.4, 0.5) is 25.1 Å². The smallest absolute Gasteiger partial charge is 0.410 e. The number of amides is 1. The van der Waals surface area contributed by atoms with Crippen LogP contribution >= 0.6 is 0 Å². The molecule has 0 spiro atoms. The van der Waals surface area contributed by atoms with Gasteiger partial charge in [-0.2, -0.15) is 0 Å². The minimum absolute atomic E-state index is 0.237. The van der Waals surface area contributed by atoms with Gasteiger partial charge in [-0.25, -0.2) is 23.5 Å². The number of hydrogen-bond donors (Lipinski definition) is 0. The maximum atomic E-state index is 12.7. The van der Waals surface area contributed by atoms with Crippen molar-refractivity contribution in [3.63, 3.8) is 0 Å². The van der Waals surface area contributed by atoms with Crippen molar-refractivity contribution >= 4 is 17.6 Å². The highest BCUT2D eigenvalue weighted by Crippen LogP contribution is 2.32. The molecule has 30 heavy (non-hydrogen) atoms. The highest BCUT2D eigenvalue weighted by molar-refractivity contribution is 5.70. The van der Waals surface area contributed by atoms with Crippen molar-refractivity contribution in [1.82, 2.24) is 19.9 Å². The van der Waals surface area contributed by atoms with E-state index in [1.165, 1.54) is 12.3 Å². The van der Waals surface area contributed by atoms with Crippen LogP contribution in [0.2, 0.25) is 0 Å². The monoisotopic (exact) mass is 416 g/mol. The molecule has 0 atom stereocenters. The van der Waals surface area contributed by atoms with Crippen molar-refractivity contribution in [1.29, 1.82) is 0 Å². The Balaban J connectivity index is 1.17. The van der Waals surface area contributed by atoms with E-state index in [0.29, 0.717) is 32.0 Å². The Morgan fingerprint density at radius 1 is 1.17 bits per heavy atom. The molecule has 2 fully saturated rings. The summed E-state index contributed by atoms with van der Waals surface area (Å²) in [5.41, 5.74) is 2.40. The number of anilines is 2. The van der Waals surface area contributed by atoms with E-state index in [4.69, 9.17) is 4.74 Å². The first-order valence-corrected chi connectivity index (χ1v) is 10.0. The van der Waals surface area contributed by atoms with E-state index in [1.54, 1.807) is 11.0 Å². The van der Waals surface area contributed by atoms with E-state index in [0.717, 1.165) is 42.3 Å². The lowest BCUT2D eigenvalue weighted by Gasteiger charge is -2.40. The number of aromatic nitrogens is 3. The summed E-state index contributed by atoms with van der Waals surface area (Å²) < 4.78 is 30.9. The van der Waals surface area contributed by atoms with Crippen LogP contribution in [0.1, 0.15) is 35.6 Å². The molecule has 2 saturated heterocycles. The van der Waals surface area contributed by atoms with Gasteiger partial charge in [0.1, 0.15) is 23.4 Å². The van der Waals surface area contributed by atoms with Crippen LogP contribution in [0.15, 0.2) is 18.3 Å². The van der Waals surface area contributed by atoms with Crippen LogP contribution < -0.4 is 9.80 Å². The largest absolute Gasteiger partial charge is 0.442 e. The predicted molar refractivity (Wildman–Crippen MR) is 105 cm³/mol. The number of halogens is 2. The van der Waals surface area contributed by atoms with Crippen LogP contribution in [0.5, 0.6) is 0 Å². The van der Waals surface area contributed by atoms with Gasteiger partial charge >= 0.3 is 6.09 Å². The van der Waals surface area contributed by atoms with Gasteiger partial charge < -0.3 is 14.5 Å². The maximum Gasteiger partial charge on any atom is 0.410 e. The molecule has 3 aliphatic rings. The van der Waals surface area contributed by atoms with E-state index >= 15 is 0 Å². The summed E-state index contributed by atoms with van der Waals surface area (Å²) in [5, 5.41) is 0. The quantitative estimate of drug-likeness (QED) is 0.759. The van der Waals surface area contributed by atoms with E-state index in [2.05, 4.69) is 19.9 Å². The summed E-state index contributed by atoms with van der Waals surface area (Å²) in [4.78, 5) is 31.3. The van der Waals surface area contributed by atoms with Crippen molar-refractivity contribution in [2.45, 2.75) is 39.0 Å². The summed E-state index contributed by atoms with van der Waals surface area (Å²) in [5.74, 6) is 1.65. The highest BCUT2D eigenvalue weighted by Gasteiger charge is 2.36. The van der Waals surface area contributed by atoms with Crippen molar-refractivity contribution in [3.8, 4) is 0 Å². The van der Waals surface area contributed by atoms with E-state index in [9.17, 15) is 13.6 Å². The normalized spacial score (nSPS) is 18.3. The second-order valence-electron chi connectivity index (χ2n) is 7.87. The molecule has 1 amide bonds. The molecular formula is C20H22F2N6O2. The predicted octanol–water partition coefficient (Wildman–Crippen LogP) is 2.67. The lowest BCUT2D eigenvalue weighted by Crippen LogP contribution is -2.54. The molecule has 158 valence electrons. The van der Waals surface area contributed by atoms with E-state index in [1.807, 2.05) is 11.8 Å². The Labute approximate surface area is 172 Å². The van der Waals surface area contributed by atoms with Gasteiger partial charge in [0.25, 0.3) is 6.43 Å². The van der Waals surface area contributed by atoms with Crippen LogP contribution in [0.3, 0.4) is 0 Å². The van der Waals surface area contributed by atoms with Gasteiger partial charge in [-0.3, -0.25) is 9.88 Å². The molecule has 5 rings (SSSR count). The first-order chi connectivity index (χ1) is 14.5. The number of rotatable bonds is 4. The van der Waals surface area contributed by atoms with Gasteiger partial charge in [-0.15, -0.1) is 0 Å². The molecule has 10 heteroatoms. The third-order valence-corrected chi connectivity index (χ3v) is 5.76.